The molecule has 1 radical (unpaired) electrons. The fraction of sp³-hybridized carbons (Fsp3) is 0.632. The lowest BCUT2D eigenvalue weighted by Crippen LogP contribution is -2.24. The van der Waals surface area contributed by atoms with E-state index in [4.69, 9.17) is 9.47 Å². The predicted octanol–water partition coefficient (Wildman–Crippen LogP) is 3.63. The minimum atomic E-state index is 0.368. The summed E-state index contributed by atoms with van der Waals surface area (Å²) in [7, 11) is 0. The number of fused-ring (bicyclic) bond motifs is 2. The summed E-state index contributed by atoms with van der Waals surface area (Å²) in [5.74, 6) is 6.69. The second-order valence-electron chi connectivity index (χ2n) is 7.53. The van der Waals surface area contributed by atoms with Crippen LogP contribution in [0, 0.1) is 23.7 Å². The van der Waals surface area contributed by atoms with E-state index in [9.17, 15) is 0 Å². The Labute approximate surface area is 132 Å². The Kier molecular flexibility index (Phi) is 3.10. The molecule has 4 aliphatic rings. The normalized spacial score (nSPS) is 33.4. The quantitative estimate of drug-likeness (QED) is 0.847. The van der Waals surface area contributed by atoms with Crippen molar-refractivity contribution in [2.75, 3.05) is 19.9 Å². The fourth-order valence-electron chi connectivity index (χ4n) is 4.88. The maximum Gasteiger partial charge on any atom is 0.231 e. The predicted molar refractivity (Wildman–Crippen MR) is 84.6 cm³/mol. The lowest BCUT2D eigenvalue weighted by Gasteiger charge is -2.20. The van der Waals surface area contributed by atoms with Crippen LogP contribution in [0.15, 0.2) is 18.2 Å². The molecule has 1 aromatic rings. The Balaban J connectivity index is 1.15. The summed E-state index contributed by atoms with van der Waals surface area (Å²) in [5.41, 5.74) is 1.35. The first kappa shape index (κ1) is 13.2. The molecule has 0 bridgehead atoms. The molecule has 2 aliphatic heterocycles. The third-order valence-electron chi connectivity index (χ3n) is 6.13. The second-order valence-corrected chi connectivity index (χ2v) is 7.53. The minimum absolute atomic E-state index is 0.368. The van der Waals surface area contributed by atoms with Crippen molar-refractivity contribution in [1.82, 2.24) is 4.90 Å². The summed E-state index contributed by atoms with van der Waals surface area (Å²) in [6.07, 6.45) is 7.21. The summed E-state index contributed by atoms with van der Waals surface area (Å²) < 4.78 is 10.9. The van der Waals surface area contributed by atoms with Crippen LogP contribution >= 0.6 is 0 Å². The molecule has 1 saturated heterocycles. The van der Waals surface area contributed by atoms with Crippen molar-refractivity contribution in [2.45, 2.75) is 38.6 Å². The van der Waals surface area contributed by atoms with Crippen LogP contribution in [0.4, 0.5) is 0 Å². The highest BCUT2D eigenvalue weighted by molar-refractivity contribution is 5.44. The Morgan fingerprint density at radius 1 is 1.00 bits per heavy atom. The molecule has 2 unspecified atom stereocenters. The Hall–Kier alpha value is -1.22. The van der Waals surface area contributed by atoms with Gasteiger partial charge in [0.1, 0.15) is 0 Å². The Morgan fingerprint density at radius 3 is 2.59 bits per heavy atom. The Bertz CT molecular complexity index is 555. The lowest BCUT2D eigenvalue weighted by molar-refractivity contribution is 0.174. The Morgan fingerprint density at radius 2 is 1.77 bits per heavy atom. The molecule has 0 N–H and O–H groups in total. The topological polar surface area (TPSA) is 21.7 Å². The molecule has 22 heavy (non-hydrogen) atoms. The molecule has 5 rings (SSSR count). The van der Waals surface area contributed by atoms with E-state index in [1.165, 1.54) is 50.8 Å². The molecule has 3 nitrogen and oxygen atoms in total. The van der Waals surface area contributed by atoms with Crippen LogP contribution < -0.4 is 9.47 Å². The first-order valence-corrected chi connectivity index (χ1v) is 8.81. The summed E-state index contributed by atoms with van der Waals surface area (Å²) in [4.78, 5) is 2.63. The van der Waals surface area contributed by atoms with Crippen LogP contribution in [-0.4, -0.2) is 24.8 Å². The van der Waals surface area contributed by atoms with Crippen LogP contribution in [0.25, 0.3) is 0 Å². The molecule has 0 aromatic heterocycles. The van der Waals surface area contributed by atoms with Gasteiger partial charge in [0.15, 0.2) is 11.5 Å². The van der Waals surface area contributed by atoms with Crippen molar-refractivity contribution >= 4 is 0 Å². The van der Waals surface area contributed by atoms with Crippen molar-refractivity contribution in [3.8, 4) is 11.5 Å². The number of ether oxygens (including phenoxy) is 2. The number of rotatable bonds is 4. The van der Waals surface area contributed by atoms with Crippen molar-refractivity contribution in [1.29, 1.82) is 0 Å². The zero-order valence-electron chi connectivity index (χ0n) is 13.1. The van der Waals surface area contributed by atoms with E-state index in [0.717, 1.165) is 35.8 Å². The van der Waals surface area contributed by atoms with E-state index in [-0.39, 0.29) is 0 Å². The van der Waals surface area contributed by atoms with E-state index >= 15 is 0 Å². The van der Waals surface area contributed by atoms with Gasteiger partial charge in [-0.1, -0.05) is 18.9 Å². The standard InChI is InChI=1S/C19H24NO2/c1-2-4-13(3-1)7-15-16-10-20(11-17(15)16)9-14-5-6-18-19(8-14)22-12-21-18/h5-6,8,15-17H,1-4,7,9-12H2. The SMILES string of the molecule is c1cc2c(cc1CN1CC3C(C[C]4CCCC4)C3C1)OCO2. The highest BCUT2D eigenvalue weighted by Gasteiger charge is 2.55. The van der Waals surface area contributed by atoms with Gasteiger partial charge >= 0.3 is 0 Å². The van der Waals surface area contributed by atoms with Gasteiger partial charge in [0.25, 0.3) is 0 Å². The van der Waals surface area contributed by atoms with Gasteiger partial charge in [0.2, 0.25) is 6.79 Å². The smallest absolute Gasteiger partial charge is 0.231 e. The number of piperidine rings is 1. The second kappa shape index (κ2) is 5.16. The number of hydrogen-bond donors (Lipinski definition) is 0. The van der Waals surface area contributed by atoms with Gasteiger partial charge in [-0.05, 0) is 60.6 Å². The average Bonchev–Trinajstić information content (AvgIpc) is 3.03. The molecule has 2 atom stereocenters. The molecule has 3 fully saturated rings. The molecule has 1 aromatic carbocycles. The molecular formula is C19H24NO2. The highest BCUT2D eigenvalue weighted by Crippen LogP contribution is 2.56. The van der Waals surface area contributed by atoms with Gasteiger partial charge in [0.05, 0.1) is 0 Å². The van der Waals surface area contributed by atoms with Crippen molar-refractivity contribution in [3.05, 3.63) is 29.7 Å². The van der Waals surface area contributed by atoms with Gasteiger partial charge in [0, 0.05) is 19.6 Å². The monoisotopic (exact) mass is 298 g/mol. The molecule has 2 aliphatic carbocycles. The van der Waals surface area contributed by atoms with Crippen LogP contribution in [0.1, 0.15) is 37.7 Å². The van der Waals surface area contributed by atoms with Gasteiger partial charge in [-0.3, -0.25) is 4.90 Å². The largest absolute Gasteiger partial charge is 0.454 e. The first-order valence-electron chi connectivity index (χ1n) is 8.81. The molecule has 3 heteroatoms. The summed E-state index contributed by atoms with van der Waals surface area (Å²) >= 11 is 0. The zero-order valence-corrected chi connectivity index (χ0v) is 13.1. The van der Waals surface area contributed by atoms with E-state index in [1.54, 1.807) is 0 Å². The number of nitrogens with zero attached hydrogens (tertiary/aromatic N) is 1. The van der Waals surface area contributed by atoms with Gasteiger partial charge < -0.3 is 9.47 Å². The molecule has 0 amide bonds. The van der Waals surface area contributed by atoms with Crippen molar-refractivity contribution < 1.29 is 9.47 Å². The third kappa shape index (κ3) is 2.30. The third-order valence-corrected chi connectivity index (χ3v) is 6.13. The molecule has 0 spiro atoms. The summed E-state index contributed by atoms with van der Waals surface area (Å²) in [6.45, 7) is 4.04. The molecule has 117 valence electrons. The van der Waals surface area contributed by atoms with Gasteiger partial charge in [-0.2, -0.15) is 0 Å². The van der Waals surface area contributed by atoms with E-state index in [2.05, 4.69) is 17.0 Å². The summed E-state index contributed by atoms with van der Waals surface area (Å²) in [6, 6.07) is 6.38. The van der Waals surface area contributed by atoms with Crippen molar-refractivity contribution in [2.24, 2.45) is 17.8 Å². The van der Waals surface area contributed by atoms with E-state index in [1.807, 2.05) is 12.0 Å². The number of likely N-dealkylation sites (tertiary alicyclic amines) is 1. The van der Waals surface area contributed by atoms with E-state index in [0.29, 0.717) is 6.79 Å². The van der Waals surface area contributed by atoms with Crippen LogP contribution in [0.3, 0.4) is 0 Å². The molecule has 2 heterocycles. The van der Waals surface area contributed by atoms with Crippen LogP contribution in [0.5, 0.6) is 11.5 Å². The number of hydrogen-bond acceptors (Lipinski definition) is 3. The fourth-order valence-corrected chi connectivity index (χ4v) is 4.88. The highest BCUT2D eigenvalue weighted by atomic mass is 16.7. The molecule has 2 saturated carbocycles. The first-order chi connectivity index (χ1) is 10.9. The number of benzene rings is 1. The molecular weight excluding hydrogens is 274 g/mol. The zero-order chi connectivity index (χ0) is 14.5. The van der Waals surface area contributed by atoms with Crippen LogP contribution in [0.2, 0.25) is 0 Å². The lowest BCUT2D eigenvalue weighted by atomic mass is 9.98. The van der Waals surface area contributed by atoms with Gasteiger partial charge in [-0.15, -0.1) is 0 Å². The van der Waals surface area contributed by atoms with Gasteiger partial charge in [-0.25, -0.2) is 0 Å². The average molecular weight is 298 g/mol. The maximum absolute atomic E-state index is 5.48. The maximum atomic E-state index is 5.48. The van der Waals surface area contributed by atoms with E-state index < -0.39 is 0 Å². The van der Waals surface area contributed by atoms with Crippen molar-refractivity contribution in [3.63, 3.8) is 0 Å². The van der Waals surface area contributed by atoms with Crippen LogP contribution in [-0.2, 0) is 6.54 Å². The minimum Gasteiger partial charge on any atom is -0.454 e. The summed E-state index contributed by atoms with van der Waals surface area (Å²) in [5, 5.41) is 0.